The molecule has 0 N–H and O–H groups in total. The van der Waals surface area contributed by atoms with Gasteiger partial charge in [-0.2, -0.15) is 0 Å². The van der Waals surface area contributed by atoms with Gasteiger partial charge in [0.25, 0.3) is 0 Å². The average Bonchev–Trinajstić information content (AvgIpc) is 1.95. The van der Waals surface area contributed by atoms with Gasteiger partial charge in [-0.25, -0.2) is 0 Å². The van der Waals surface area contributed by atoms with Gasteiger partial charge in [0.05, 0.1) is 0 Å². The molecule has 0 aromatic rings. The van der Waals surface area contributed by atoms with Gasteiger partial charge in [0.1, 0.15) is 0 Å². The van der Waals surface area contributed by atoms with Crippen LogP contribution in [0.15, 0.2) is 0 Å². The van der Waals surface area contributed by atoms with E-state index >= 15 is 0 Å². The molecule has 0 rings (SSSR count). The third-order valence-electron chi connectivity index (χ3n) is 1.56. The van der Waals surface area contributed by atoms with Crippen molar-refractivity contribution in [3.8, 4) is 0 Å². The van der Waals surface area contributed by atoms with Crippen LogP contribution < -0.4 is 0 Å². The van der Waals surface area contributed by atoms with Crippen molar-refractivity contribution in [1.82, 2.24) is 0 Å². The third kappa shape index (κ3) is 8.02. The average molecular weight is 241 g/mol. The summed E-state index contributed by atoms with van der Waals surface area (Å²) in [4.78, 5) is 0. The van der Waals surface area contributed by atoms with Crippen LogP contribution in [0.4, 0.5) is 0 Å². The fraction of sp³-hybridized carbons (Fsp3) is 1.00. The van der Waals surface area contributed by atoms with Gasteiger partial charge in [-0.15, -0.1) is 11.6 Å². The van der Waals surface area contributed by atoms with E-state index in [2.05, 4.69) is 34.6 Å². The van der Waals surface area contributed by atoms with Crippen molar-refractivity contribution in [1.29, 1.82) is 0 Å². The molecule has 0 aliphatic rings. The quantitative estimate of drug-likeness (QED) is 0.499. The van der Waals surface area contributed by atoms with E-state index in [1.54, 1.807) is 0 Å². The maximum atomic E-state index is 5.77. The molecule has 0 spiro atoms. The first-order valence-corrected chi connectivity index (χ1v) is 7.52. The lowest BCUT2D eigenvalue weighted by molar-refractivity contribution is 0.598. The number of halogens is 1. The summed E-state index contributed by atoms with van der Waals surface area (Å²) in [7, 11) is 3.96. The molecule has 0 heterocycles. The Kier molecular flexibility index (Phi) is 6.96. The molecule has 0 radical (unpaired) electrons. The molecule has 13 heavy (non-hydrogen) atoms. The van der Waals surface area contributed by atoms with Crippen LogP contribution in [0.25, 0.3) is 0 Å². The summed E-state index contributed by atoms with van der Waals surface area (Å²) in [6, 6.07) is 0. The Morgan fingerprint density at radius 1 is 1.23 bits per heavy atom. The minimum absolute atomic E-state index is 0.351. The van der Waals surface area contributed by atoms with Crippen molar-refractivity contribution < 1.29 is 0 Å². The maximum Gasteiger partial charge on any atom is 0.0234 e. The molecule has 80 valence electrons. The molecule has 0 aliphatic heterocycles. The van der Waals surface area contributed by atoms with E-state index < -0.39 is 0 Å². The number of alkyl halides is 1. The smallest absolute Gasteiger partial charge is 0.0234 e. The van der Waals surface area contributed by atoms with E-state index in [0.717, 1.165) is 18.2 Å². The Hall–Kier alpha value is 0.990. The molecule has 0 bridgehead atoms. The van der Waals surface area contributed by atoms with E-state index in [0.29, 0.717) is 10.00 Å². The van der Waals surface area contributed by atoms with Crippen LogP contribution in [-0.4, -0.2) is 15.9 Å². The number of rotatable bonds is 5. The first-order chi connectivity index (χ1) is 5.87. The Morgan fingerprint density at radius 3 is 2.08 bits per heavy atom. The first kappa shape index (κ1) is 14.0. The summed E-state index contributed by atoms with van der Waals surface area (Å²) in [6.45, 7) is 11.3. The fourth-order valence-corrected chi connectivity index (χ4v) is 4.21. The highest BCUT2D eigenvalue weighted by Crippen LogP contribution is 2.41. The van der Waals surface area contributed by atoms with Crippen molar-refractivity contribution in [3.05, 3.63) is 0 Å². The highest BCUT2D eigenvalue weighted by atomic mass is 35.5. The number of hydrogen-bond donors (Lipinski definition) is 0. The molecule has 0 aromatic carbocycles. The van der Waals surface area contributed by atoms with Crippen molar-refractivity contribution >= 4 is 33.2 Å². The summed E-state index contributed by atoms with van der Waals surface area (Å²) >= 11 is 5.77. The highest BCUT2D eigenvalue weighted by Gasteiger charge is 2.18. The van der Waals surface area contributed by atoms with Gasteiger partial charge in [0.2, 0.25) is 0 Å². The SMILES string of the molecule is CC(C)C(CCCl)SSC(C)(C)C. The van der Waals surface area contributed by atoms with Crippen molar-refractivity contribution in [2.24, 2.45) is 5.92 Å². The van der Waals surface area contributed by atoms with E-state index in [-0.39, 0.29) is 0 Å². The molecular weight excluding hydrogens is 220 g/mol. The summed E-state index contributed by atoms with van der Waals surface area (Å²) in [6.07, 6.45) is 1.12. The second-order valence-corrected chi connectivity index (χ2v) is 8.20. The Labute approximate surface area is 96.0 Å². The van der Waals surface area contributed by atoms with E-state index in [4.69, 9.17) is 11.6 Å². The van der Waals surface area contributed by atoms with Gasteiger partial charge in [-0.3, -0.25) is 0 Å². The molecule has 3 heteroatoms. The topological polar surface area (TPSA) is 0 Å². The minimum atomic E-state index is 0.351. The Bertz CT molecular complexity index is 129. The van der Waals surface area contributed by atoms with Gasteiger partial charge in [0.15, 0.2) is 0 Å². The van der Waals surface area contributed by atoms with Crippen LogP contribution in [0, 0.1) is 5.92 Å². The lowest BCUT2D eigenvalue weighted by Gasteiger charge is -2.23. The molecule has 0 saturated heterocycles. The highest BCUT2D eigenvalue weighted by molar-refractivity contribution is 8.77. The Morgan fingerprint density at radius 2 is 1.77 bits per heavy atom. The van der Waals surface area contributed by atoms with Gasteiger partial charge < -0.3 is 0 Å². The maximum absolute atomic E-state index is 5.77. The zero-order valence-corrected chi connectivity index (χ0v) is 11.7. The van der Waals surface area contributed by atoms with Crippen molar-refractivity contribution in [2.75, 3.05) is 5.88 Å². The zero-order valence-electron chi connectivity index (χ0n) is 9.26. The summed E-state index contributed by atoms with van der Waals surface area (Å²) < 4.78 is 0.351. The second-order valence-electron chi connectivity index (χ2n) is 4.55. The van der Waals surface area contributed by atoms with E-state index in [1.165, 1.54) is 0 Å². The molecule has 1 atom stereocenters. The molecule has 1 unspecified atom stereocenters. The second kappa shape index (κ2) is 6.47. The standard InChI is InChI=1S/C10H21ClS2/c1-8(2)9(6-7-11)12-13-10(3,4)5/h8-9H,6-7H2,1-5H3. The largest absolute Gasteiger partial charge is 0.127 e. The molecule has 0 aromatic heterocycles. The van der Waals surface area contributed by atoms with Crippen LogP contribution in [0.1, 0.15) is 41.0 Å². The molecular formula is C10H21ClS2. The lowest BCUT2D eigenvalue weighted by atomic mass is 10.1. The third-order valence-corrected chi connectivity index (χ3v) is 5.93. The molecule has 0 nitrogen and oxygen atoms in total. The van der Waals surface area contributed by atoms with E-state index in [9.17, 15) is 0 Å². The van der Waals surface area contributed by atoms with Crippen LogP contribution in [0.2, 0.25) is 0 Å². The van der Waals surface area contributed by atoms with Crippen LogP contribution in [0.3, 0.4) is 0 Å². The number of hydrogen-bond acceptors (Lipinski definition) is 2. The van der Waals surface area contributed by atoms with Crippen LogP contribution >= 0.6 is 33.2 Å². The van der Waals surface area contributed by atoms with Crippen molar-refractivity contribution in [3.63, 3.8) is 0 Å². The normalized spacial score (nSPS) is 15.0. The lowest BCUT2D eigenvalue weighted by Crippen LogP contribution is -2.13. The summed E-state index contributed by atoms with van der Waals surface area (Å²) in [5.41, 5.74) is 0. The minimum Gasteiger partial charge on any atom is -0.127 e. The van der Waals surface area contributed by atoms with Crippen LogP contribution in [-0.2, 0) is 0 Å². The zero-order chi connectivity index (χ0) is 10.5. The predicted octanol–water partition coefficient (Wildman–Crippen LogP) is 4.82. The molecule has 0 amide bonds. The van der Waals surface area contributed by atoms with Gasteiger partial charge in [0, 0.05) is 15.9 Å². The van der Waals surface area contributed by atoms with Gasteiger partial charge >= 0.3 is 0 Å². The van der Waals surface area contributed by atoms with E-state index in [1.807, 2.05) is 21.6 Å². The molecule has 0 fully saturated rings. The van der Waals surface area contributed by atoms with Gasteiger partial charge in [-0.05, 0) is 12.3 Å². The fourth-order valence-electron chi connectivity index (χ4n) is 0.806. The van der Waals surface area contributed by atoms with Crippen LogP contribution in [0.5, 0.6) is 0 Å². The first-order valence-electron chi connectivity index (χ1n) is 4.77. The van der Waals surface area contributed by atoms with Crippen molar-refractivity contribution in [2.45, 2.75) is 51.0 Å². The summed E-state index contributed by atoms with van der Waals surface area (Å²) in [5, 5.41) is 0.696. The molecule has 0 aliphatic carbocycles. The summed E-state index contributed by atoms with van der Waals surface area (Å²) in [5.74, 6) is 1.50. The van der Waals surface area contributed by atoms with Gasteiger partial charge in [-0.1, -0.05) is 56.2 Å². The monoisotopic (exact) mass is 240 g/mol. The molecule has 0 saturated carbocycles. The predicted molar refractivity (Wildman–Crippen MR) is 68.9 cm³/mol. The Balaban J connectivity index is 3.82.